The van der Waals surface area contributed by atoms with E-state index in [9.17, 15) is 9.59 Å². The molecule has 0 saturated carbocycles. The highest BCUT2D eigenvalue weighted by Gasteiger charge is 2.10. The van der Waals surface area contributed by atoms with Crippen LogP contribution in [0.2, 0.25) is 0 Å². The van der Waals surface area contributed by atoms with Crippen LogP contribution >= 0.6 is 0 Å². The standard InChI is InChI=1S/C8H15NO3/c1-2-6(10)4-3-5-7(9)8(11)12/h7H,2-5,9H2,1H3,(H,11,12). The Morgan fingerprint density at radius 1 is 1.50 bits per heavy atom. The predicted molar refractivity (Wildman–Crippen MR) is 44.8 cm³/mol. The predicted octanol–water partition coefficient (Wildman–Crippen LogP) is 0.548. The minimum atomic E-state index is -1.00. The van der Waals surface area contributed by atoms with E-state index in [2.05, 4.69) is 0 Å². The maximum atomic E-state index is 10.8. The van der Waals surface area contributed by atoms with Gasteiger partial charge >= 0.3 is 5.97 Å². The van der Waals surface area contributed by atoms with Crippen molar-refractivity contribution in [3.8, 4) is 0 Å². The zero-order chi connectivity index (χ0) is 9.56. The molecule has 0 bridgehead atoms. The van der Waals surface area contributed by atoms with Crippen LogP contribution in [0.15, 0.2) is 0 Å². The largest absolute Gasteiger partial charge is 0.480 e. The first kappa shape index (κ1) is 11.1. The van der Waals surface area contributed by atoms with Crippen LogP contribution in [-0.2, 0) is 9.59 Å². The Morgan fingerprint density at radius 2 is 2.08 bits per heavy atom. The van der Waals surface area contributed by atoms with Gasteiger partial charge in [0, 0.05) is 12.8 Å². The average Bonchev–Trinajstić information content (AvgIpc) is 2.03. The molecule has 12 heavy (non-hydrogen) atoms. The van der Waals surface area contributed by atoms with Crippen LogP contribution in [0, 0.1) is 0 Å². The Morgan fingerprint density at radius 3 is 2.50 bits per heavy atom. The molecule has 0 aliphatic heterocycles. The van der Waals surface area contributed by atoms with Crippen molar-refractivity contribution in [1.82, 2.24) is 0 Å². The summed E-state index contributed by atoms with van der Waals surface area (Å²) in [5.74, 6) is -0.841. The third-order valence-electron chi connectivity index (χ3n) is 1.68. The number of Topliss-reactive ketones (excluding diaryl/α,β-unsaturated/α-hetero) is 1. The van der Waals surface area contributed by atoms with Gasteiger partial charge in [-0.1, -0.05) is 6.92 Å². The van der Waals surface area contributed by atoms with Crippen LogP contribution in [0.4, 0.5) is 0 Å². The van der Waals surface area contributed by atoms with Gasteiger partial charge in [-0.25, -0.2) is 0 Å². The van der Waals surface area contributed by atoms with Gasteiger partial charge in [-0.05, 0) is 12.8 Å². The number of carbonyl (C=O) groups is 2. The lowest BCUT2D eigenvalue weighted by Gasteiger charge is -2.04. The van der Waals surface area contributed by atoms with Gasteiger partial charge in [-0.3, -0.25) is 9.59 Å². The van der Waals surface area contributed by atoms with E-state index >= 15 is 0 Å². The van der Waals surface area contributed by atoms with Crippen LogP contribution in [0.25, 0.3) is 0 Å². The van der Waals surface area contributed by atoms with E-state index in [0.717, 1.165) is 0 Å². The highest BCUT2D eigenvalue weighted by atomic mass is 16.4. The smallest absolute Gasteiger partial charge is 0.320 e. The first-order chi connectivity index (χ1) is 5.57. The zero-order valence-electron chi connectivity index (χ0n) is 7.25. The number of carboxylic acid groups (broad SMARTS) is 1. The summed E-state index contributed by atoms with van der Waals surface area (Å²) in [5.41, 5.74) is 5.23. The van der Waals surface area contributed by atoms with E-state index in [1.165, 1.54) is 0 Å². The molecule has 1 atom stereocenters. The van der Waals surface area contributed by atoms with E-state index in [4.69, 9.17) is 10.8 Å². The summed E-state index contributed by atoms with van der Waals surface area (Å²) in [5, 5.41) is 8.39. The third-order valence-corrected chi connectivity index (χ3v) is 1.68. The Hall–Kier alpha value is -0.900. The lowest BCUT2D eigenvalue weighted by molar-refractivity contribution is -0.138. The highest BCUT2D eigenvalue weighted by molar-refractivity contribution is 5.78. The van der Waals surface area contributed by atoms with Gasteiger partial charge in [0.25, 0.3) is 0 Å². The second-order valence-electron chi connectivity index (χ2n) is 2.73. The molecule has 3 N–H and O–H groups in total. The summed E-state index contributed by atoms with van der Waals surface area (Å²) in [7, 11) is 0. The molecule has 0 rings (SSSR count). The number of hydrogen-bond acceptors (Lipinski definition) is 3. The topological polar surface area (TPSA) is 80.4 Å². The van der Waals surface area contributed by atoms with Crippen LogP contribution in [0.3, 0.4) is 0 Å². The zero-order valence-corrected chi connectivity index (χ0v) is 7.25. The minimum absolute atomic E-state index is 0.160. The van der Waals surface area contributed by atoms with E-state index in [1.54, 1.807) is 6.92 Å². The van der Waals surface area contributed by atoms with Crippen molar-refractivity contribution < 1.29 is 14.7 Å². The number of aliphatic carboxylic acids is 1. The fraction of sp³-hybridized carbons (Fsp3) is 0.750. The monoisotopic (exact) mass is 173 g/mol. The Kier molecular flexibility index (Phi) is 5.28. The molecular weight excluding hydrogens is 158 g/mol. The van der Waals surface area contributed by atoms with Gasteiger partial charge in [0.1, 0.15) is 11.8 Å². The van der Waals surface area contributed by atoms with E-state index in [0.29, 0.717) is 25.7 Å². The summed E-state index contributed by atoms with van der Waals surface area (Å²) < 4.78 is 0. The Balaban J connectivity index is 3.43. The van der Waals surface area contributed by atoms with Crippen molar-refractivity contribution >= 4 is 11.8 Å². The molecule has 0 aromatic heterocycles. The molecule has 0 spiro atoms. The fourth-order valence-corrected chi connectivity index (χ4v) is 0.819. The van der Waals surface area contributed by atoms with Crippen LogP contribution in [0.1, 0.15) is 32.6 Å². The number of ketones is 1. The molecule has 0 saturated heterocycles. The van der Waals surface area contributed by atoms with Crippen molar-refractivity contribution in [2.75, 3.05) is 0 Å². The van der Waals surface area contributed by atoms with Gasteiger partial charge in [0.15, 0.2) is 0 Å². The molecule has 0 aliphatic rings. The number of rotatable bonds is 6. The van der Waals surface area contributed by atoms with Crippen LogP contribution in [0.5, 0.6) is 0 Å². The summed E-state index contributed by atoms with van der Waals surface area (Å²) in [6.07, 6.45) is 1.90. The highest BCUT2D eigenvalue weighted by Crippen LogP contribution is 2.01. The SMILES string of the molecule is CCC(=O)CCCC(N)C(=O)O. The van der Waals surface area contributed by atoms with Crippen LogP contribution < -0.4 is 5.73 Å². The Labute approximate surface area is 71.8 Å². The average molecular weight is 173 g/mol. The van der Waals surface area contributed by atoms with Gasteiger partial charge in [0.2, 0.25) is 0 Å². The maximum absolute atomic E-state index is 10.8. The normalized spacial score (nSPS) is 12.5. The Bertz CT molecular complexity index is 168. The van der Waals surface area contributed by atoms with Gasteiger partial charge in [-0.15, -0.1) is 0 Å². The molecule has 4 heteroatoms. The summed E-state index contributed by atoms with van der Waals surface area (Å²) in [6, 6.07) is -0.824. The molecule has 0 aromatic rings. The molecule has 1 unspecified atom stereocenters. The fourth-order valence-electron chi connectivity index (χ4n) is 0.819. The molecule has 4 nitrogen and oxygen atoms in total. The minimum Gasteiger partial charge on any atom is -0.480 e. The lowest BCUT2D eigenvalue weighted by atomic mass is 10.1. The van der Waals surface area contributed by atoms with Gasteiger partial charge < -0.3 is 10.8 Å². The molecule has 0 aromatic carbocycles. The summed E-state index contributed by atoms with van der Waals surface area (Å²) >= 11 is 0. The molecule has 0 heterocycles. The first-order valence-corrected chi connectivity index (χ1v) is 4.08. The van der Waals surface area contributed by atoms with Crippen molar-refractivity contribution in [3.05, 3.63) is 0 Å². The molecule has 0 aliphatic carbocycles. The number of hydrogen-bond donors (Lipinski definition) is 2. The van der Waals surface area contributed by atoms with Crippen molar-refractivity contribution in [2.45, 2.75) is 38.6 Å². The van der Waals surface area contributed by atoms with Gasteiger partial charge in [-0.2, -0.15) is 0 Å². The first-order valence-electron chi connectivity index (χ1n) is 4.08. The number of carbonyl (C=O) groups excluding carboxylic acids is 1. The lowest BCUT2D eigenvalue weighted by Crippen LogP contribution is -2.29. The summed E-state index contributed by atoms with van der Waals surface area (Å²) in [6.45, 7) is 1.79. The van der Waals surface area contributed by atoms with Gasteiger partial charge in [0.05, 0.1) is 0 Å². The molecular formula is C8H15NO3. The van der Waals surface area contributed by atoms with E-state index in [-0.39, 0.29) is 5.78 Å². The van der Waals surface area contributed by atoms with Crippen molar-refractivity contribution in [1.29, 1.82) is 0 Å². The van der Waals surface area contributed by atoms with Crippen molar-refractivity contribution in [3.63, 3.8) is 0 Å². The number of nitrogens with two attached hydrogens (primary N) is 1. The van der Waals surface area contributed by atoms with Crippen molar-refractivity contribution in [2.24, 2.45) is 5.73 Å². The van der Waals surface area contributed by atoms with Crippen LogP contribution in [-0.4, -0.2) is 22.9 Å². The van der Waals surface area contributed by atoms with E-state index < -0.39 is 12.0 Å². The molecule has 0 amide bonds. The third kappa shape index (κ3) is 4.85. The van der Waals surface area contributed by atoms with E-state index in [1.807, 2.05) is 0 Å². The second kappa shape index (κ2) is 5.71. The second-order valence-corrected chi connectivity index (χ2v) is 2.73. The summed E-state index contributed by atoms with van der Waals surface area (Å²) in [4.78, 5) is 21.0. The molecule has 0 radical (unpaired) electrons. The molecule has 70 valence electrons. The number of carboxylic acids is 1. The quantitative estimate of drug-likeness (QED) is 0.614. The molecule has 0 fully saturated rings. The maximum Gasteiger partial charge on any atom is 0.320 e.